The van der Waals surface area contributed by atoms with Crippen LogP contribution in [0.2, 0.25) is 0 Å². The molecular formula is C26H25N8NaO11S2. The van der Waals surface area contributed by atoms with Crippen molar-refractivity contribution in [2.45, 2.75) is 43.8 Å². The maximum absolute atomic E-state index is 13.4. The maximum atomic E-state index is 13.4. The molecule has 2 aromatic heterocycles. The zero-order valence-electron chi connectivity index (χ0n) is 25.4. The van der Waals surface area contributed by atoms with Crippen molar-refractivity contribution in [1.29, 1.82) is 0 Å². The van der Waals surface area contributed by atoms with E-state index in [9.17, 15) is 39.1 Å². The van der Waals surface area contributed by atoms with Gasteiger partial charge in [0.05, 0.1) is 17.7 Å². The van der Waals surface area contributed by atoms with Crippen LogP contribution in [0.25, 0.3) is 0 Å². The molecule has 4 aliphatic rings. The van der Waals surface area contributed by atoms with Gasteiger partial charge in [-0.15, -0.1) is 11.8 Å². The summed E-state index contributed by atoms with van der Waals surface area (Å²) in [5, 5.41) is 26.1. The predicted molar refractivity (Wildman–Crippen MR) is 156 cm³/mol. The van der Waals surface area contributed by atoms with E-state index in [0.29, 0.717) is 31.5 Å². The van der Waals surface area contributed by atoms with Crippen molar-refractivity contribution in [2.24, 2.45) is 5.16 Å². The van der Waals surface area contributed by atoms with Crippen molar-refractivity contribution in [3.63, 3.8) is 0 Å². The number of carboxylic acid groups (broad SMARTS) is 1. The molecule has 48 heavy (non-hydrogen) atoms. The molecule has 0 unspecified atom stereocenters. The minimum atomic E-state index is -1.63. The van der Waals surface area contributed by atoms with Crippen molar-refractivity contribution in [2.75, 3.05) is 31.1 Å². The number of nitrogen functional groups attached to an aromatic ring is 1. The predicted octanol–water partition coefficient (Wildman–Crippen LogP) is -4.87. The van der Waals surface area contributed by atoms with Crippen LogP contribution in [0.4, 0.5) is 9.93 Å². The smallest absolute Gasteiger partial charge is 0.543 e. The average Bonchev–Trinajstić information content (AvgIpc) is 3.83. The molecule has 3 atom stereocenters. The molecule has 4 aliphatic heterocycles. The topological polar surface area (TPSA) is 267 Å². The minimum absolute atomic E-state index is 0. The molecule has 248 valence electrons. The molecule has 6 rings (SSSR count). The van der Waals surface area contributed by atoms with Crippen molar-refractivity contribution in [3.8, 4) is 0 Å². The molecule has 2 aromatic rings. The van der Waals surface area contributed by atoms with Crippen molar-refractivity contribution < 1.29 is 77.4 Å². The summed E-state index contributed by atoms with van der Waals surface area (Å²) in [6, 6.07) is -1.45. The fourth-order valence-corrected chi connectivity index (χ4v) is 7.43. The molecule has 0 aliphatic carbocycles. The Morgan fingerprint density at radius 2 is 2.02 bits per heavy atom. The number of allylic oxidation sites excluding steroid dienone is 1. The molecule has 0 radical (unpaired) electrons. The molecule has 22 heteroatoms. The maximum Gasteiger partial charge on any atom is 1.00 e. The number of hydrogen-bond acceptors (Lipinski definition) is 17. The van der Waals surface area contributed by atoms with Gasteiger partial charge in [-0.3, -0.25) is 19.3 Å². The largest absolute Gasteiger partial charge is 1.00 e. The number of carboxylic acids is 1. The second kappa shape index (κ2) is 14.1. The summed E-state index contributed by atoms with van der Waals surface area (Å²) in [6.07, 6.45) is 1.60. The SMILES string of the molecule is Cc1oc(=O)oc1COC(=O)N1CC[C@@H](N2CC/C(=C\C3=C(C(=O)[O-])N4C(=O)[C@@H](NC(=O)/C(=N/O)c5nsc(N)n5)[C@H]4SC3)C2=O)C1.[Na+]. The Labute approximate surface area is 300 Å². The van der Waals surface area contributed by atoms with E-state index in [1.165, 1.54) is 29.7 Å². The summed E-state index contributed by atoms with van der Waals surface area (Å²) < 4.78 is 18.6. The van der Waals surface area contributed by atoms with Gasteiger partial charge in [0.25, 0.3) is 11.8 Å². The van der Waals surface area contributed by atoms with E-state index in [0.717, 1.165) is 16.4 Å². The monoisotopic (exact) mass is 712 g/mol. The average molecular weight is 713 g/mol. The van der Waals surface area contributed by atoms with Crippen LogP contribution in [0, 0.1) is 6.92 Å². The Hall–Kier alpha value is -4.18. The van der Waals surface area contributed by atoms with Crippen LogP contribution >= 0.6 is 23.3 Å². The first-order chi connectivity index (χ1) is 22.5. The van der Waals surface area contributed by atoms with Crippen LogP contribution in [-0.2, 0) is 30.5 Å². The zero-order valence-corrected chi connectivity index (χ0v) is 29.0. The Bertz CT molecular complexity index is 1830. The van der Waals surface area contributed by atoms with Gasteiger partial charge in [-0.25, -0.2) is 9.59 Å². The fourth-order valence-electron chi connectivity index (χ4n) is 5.69. The van der Waals surface area contributed by atoms with Gasteiger partial charge >= 0.3 is 41.5 Å². The second-order valence-corrected chi connectivity index (χ2v) is 12.6. The van der Waals surface area contributed by atoms with Gasteiger partial charge in [0.15, 0.2) is 23.3 Å². The first kappa shape index (κ1) is 35.1. The van der Waals surface area contributed by atoms with E-state index in [1.807, 2.05) is 0 Å². The number of aryl methyl sites for hydroxylation is 1. The number of nitrogens with two attached hydrogens (primary N) is 1. The molecule has 0 spiro atoms. The number of anilines is 1. The van der Waals surface area contributed by atoms with Gasteiger partial charge in [-0.1, -0.05) is 5.16 Å². The van der Waals surface area contributed by atoms with E-state index >= 15 is 0 Å². The third-order valence-electron chi connectivity index (χ3n) is 7.98. The number of aromatic nitrogens is 2. The van der Waals surface area contributed by atoms with Gasteiger partial charge < -0.3 is 49.5 Å². The van der Waals surface area contributed by atoms with Crippen molar-refractivity contribution in [3.05, 3.63) is 50.9 Å². The number of oxime groups is 1. The molecule has 4 amide bonds. The summed E-state index contributed by atoms with van der Waals surface area (Å²) in [5.74, 6) is -4.41. The van der Waals surface area contributed by atoms with Crippen LogP contribution in [0.3, 0.4) is 0 Å². The van der Waals surface area contributed by atoms with E-state index in [2.05, 4.69) is 19.8 Å². The first-order valence-corrected chi connectivity index (χ1v) is 15.8. The Kier molecular flexibility index (Phi) is 10.3. The van der Waals surface area contributed by atoms with Gasteiger partial charge in [0, 0.05) is 42.5 Å². The zero-order chi connectivity index (χ0) is 33.6. The summed E-state index contributed by atoms with van der Waals surface area (Å²) in [6.45, 7) is 2.09. The number of aliphatic carboxylic acids is 1. The Morgan fingerprint density at radius 3 is 2.67 bits per heavy atom. The summed E-state index contributed by atoms with van der Waals surface area (Å²) in [7, 11) is 0. The van der Waals surface area contributed by atoms with E-state index in [1.54, 1.807) is 4.90 Å². The number of carbonyl (C=O) groups excluding carboxylic acids is 5. The summed E-state index contributed by atoms with van der Waals surface area (Å²) in [4.78, 5) is 83.0. The third kappa shape index (κ3) is 6.59. The first-order valence-electron chi connectivity index (χ1n) is 14.0. The van der Waals surface area contributed by atoms with Crippen LogP contribution in [-0.4, -0.2) is 108 Å². The molecule has 3 saturated heterocycles. The molecule has 6 heterocycles. The molecular weight excluding hydrogens is 687 g/mol. The standard InChI is InChI=1S/C26H26N8O11S2.Na/c1-10-14(45-26(41)44-10)8-43-25(40)32-4-3-13(7-32)33-5-2-11(20(33)36)6-12-9-46-22-16(21(37)34(22)17(12)23(38)39)28-19(35)15(30-42)18-29-24(27)47-31-18;/h6,13,16,22,42H,2-5,7-9H2,1H3,(H,28,35)(H,38,39)(H2,27,29,31);/q;+1/p-1/b11-6+,30-15+;/t13-,16-,22-;/m1./s1. The van der Waals surface area contributed by atoms with Crippen molar-refractivity contribution >= 4 is 63.9 Å². The Balaban J connectivity index is 0.00000451. The molecule has 19 nitrogen and oxygen atoms in total. The number of fused-ring (bicyclic) bond motifs is 1. The minimum Gasteiger partial charge on any atom is -0.543 e. The molecule has 3 fully saturated rings. The number of hydrogen-bond donors (Lipinski definition) is 3. The number of amides is 4. The van der Waals surface area contributed by atoms with E-state index < -0.39 is 52.5 Å². The van der Waals surface area contributed by atoms with Crippen LogP contribution in [0.1, 0.15) is 30.2 Å². The van der Waals surface area contributed by atoms with Gasteiger partial charge in [0.2, 0.25) is 17.4 Å². The number of rotatable bonds is 8. The number of carbonyl (C=O) groups is 5. The molecule has 0 saturated carbocycles. The fraction of sp³-hybridized carbons (Fsp3) is 0.423. The molecule has 4 N–H and O–H groups in total. The van der Waals surface area contributed by atoms with Crippen molar-refractivity contribution in [1.82, 2.24) is 29.4 Å². The van der Waals surface area contributed by atoms with Gasteiger partial charge in [0.1, 0.15) is 11.4 Å². The number of likely N-dealkylation sites (tertiary alicyclic amines) is 2. The van der Waals surface area contributed by atoms with Crippen LogP contribution in [0.5, 0.6) is 0 Å². The van der Waals surface area contributed by atoms with Crippen LogP contribution < -0.4 is 51.5 Å². The van der Waals surface area contributed by atoms with Gasteiger partial charge in [-0.2, -0.15) is 9.36 Å². The van der Waals surface area contributed by atoms with E-state index in [4.69, 9.17) is 19.3 Å². The normalized spacial score (nSPS) is 23.3. The number of ether oxygens (including phenoxy) is 1. The number of thioether (sulfide) groups is 1. The third-order valence-corrected chi connectivity index (χ3v) is 9.82. The molecule has 0 aromatic carbocycles. The van der Waals surface area contributed by atoms with Gasteiger partial charge in [-0.05, 0) is 31.4 Å². The number of nitrogens with zero attached hydrogens (tertiary/aromatic N) is 6. The number of nitrogens with one attached hydrogen (secondary N) is 1. The van der Waals surface area contributed by atoms with E-state index in [-0.39, 0.29) is 88.5 Å². The Morgan fingerprint density at radius 1 is 1.25 bits per heavy atom. The second-order valence-electron chi connectivity index (χ2n) is 10.7. The summed E-state index contributed by atoms with van der Waals surface area (Å²) in [5.41, 5.74) is 5.07. The summed E-state index contributed by atoms with van der Waals surface area (Å²) >= 11 is 1.94. The quantitative estimate of drug-likeness (QED) is 0.0578. The van der Waals surface area contributed by atoms with Crippen LogP contribution in [0.15, 0.2) is 41.7 Å². The number of β-lactam (4-membered cyclic amide) rings is 1. The molecule has 0 bridgehead atoms.